The molecule has 0 amide bonds. The van der Waals surface area contributed by atoms with Gasteiger partial charge in [0, 0.05) is 38.8 Å². The van der Waals surface area contributed by atoms with Crippen molar-refractivity contribution in [2.75, 3.05) is 33.4 Å². The van der Waals surface area contributed by atoms with Crippen LogP contribution >= 0.6 is 24.0 Å². The van der Waals surface area contributed by atoms with E-state index in [-0.39, 0.29) is 29.4 Å². The van der Waals surface area contributed by atoms with Crippen molar-refractivity contribution in [2.24, 2.45) is 10.9 Å². The zero-order chi connectivity index (χ0) is 17.3. The van der Waals surface area contributed by atoms with Gasteiger partial charge in [-0.05, 0) is 37.2 Å². The molecule has 2 N–H and O–H groups in total. The monoisotopic (exact) mass is 459 g/mol. The lowest BCUT2D eigenvalue weighted by Gasteiger charge is -2.38. The topological polar surface area (TPSA) is 45.7 Å². The van der Waals surface area contributed by atoms with Crippen LogP contribution in [-0.2, 0) is 10.2 Å². The van der Waals surface area contributed by atoms with Crippen LogP contribution in [0.4, 0.5) is 0 Å². The predicted octanol–water partition coefficient (Wildman–Crippen LogP) is 3.95. The number of nitrogens with one attached hydrogen (secondary N) is 2. The van der Waals surface area contributed by atoms with Crippen molar-refractivity contribution >= 4 is 29.9 Å². The smallest absolute Gasteiger partial charge is 0.191 e. The Morgan fingerprint density at radius 2 is 1.84 bits per heavy atom. The molecule has 0 bridgehead atoms. The van der Waals surface area contributed by atoms with Crippen LogP contribution in [0.5, 0.6) is 0 Å². The van der Waals surface area contributed by atoms with Crippen LogP contribution in [0, 0.1) is 5.92 Å². The lowest BCUT2D eigenvalue weighted by molar-refractivity contribution is 0.0514. The summed E-state index contributed by atoms with van der Waals surface area (Å²) in [6.07, 6.45) is 4.52. The molecule has 0 atom stereocenters. The average molecular weight is 459 g/mol. The van der Waals surface area contributed by atoms with Gasteiger partial charge in [0.2, 0.25) is 0 Å². The Morgan fingerprint density at radius 3 is 2.44 bits per heavy atom. The summed E-state index contributed by atoms with van der Waals surface area (Å²) in [5.41, 5.74) is 1.53. The van der Waals surface area contributed by atoms with Gasteiger partial charge in [-0.2, -0.15) is 0 Å². The molecule has 1 fully saturated rings. The van der Waals surface area contributed by atoms with Gasteiger partial charge in [-0.25, -0.2) is 0 Å². The standard InChI is InChI=1S/C20H33N3O.HI/c1-17(2)8-7-13-22-19(21-3)23-16-20(11-14-24-15-12-20)18-9-5-4-6-10-18;/h4-6,9-10,17H,7-8,11-16H2,1-3H3,(H2,21,22,23);1H. The van der Waals surface area contributed by atoms with E-state index in [1.165, 1.54) is 18.4 Å². The van der Waals surface area contributed by atoms with Crippen LogP contribution in [0.2, 0.25) is 0 Å². The molecule has 5 heteroatoms. The molecule has 0 unspecified atom stereocenters. The quantitative estimate of drug-likeness (QED) is 0.281. The summed E-state index contributed by atoms with van der Waals surface area (Å²) < 4.78 is 5.61. The highest BCUT2D eigenvalue weighted by atomic mass is 127. The molecular weight excluding hydrogens is 425 g/mol. The molecule has 0 aliphatic carbocycles. The molecular formula is C20H34IN3O. The Morgan fingerprint density at radius 1 is 1.16 bits per heavy atom. The Kier molecular flexibility index (Phi) is 10.4. The zero-order valence-electron chi connectivity index (χ0n) is 15.9. The maximum Gasteiger partial charge on any atom is 0.191 e. The second kappa shape index (κ2) is 11.7. The van der Waals surface area contributed by atoms with Gasteiger partial charge in [-0.1, -0.05) is 44.2 Å². The van der Waals surface area contributed by atoms with E-state index in [0.29, 0.717) is 0 Å². The van der Waals surface area contributed by atoms with Crippen LogP contribution in [0.3, 0.4) is 0 Å². The number of benzene rings is 1. The molecule has 4 nitrogen and oxygen atoms in total. The number of aliphatic imine (C=N–C) groups is 1. The molecule has 142 valence electrons. The van der Waals surface area contributed by atoms with Crippen molar-refractivity contribution < 1.29 is 4.74 Å². The number of hydrogen-bond acceptors (Lipinski definition) is 2. The second-order valence-electron chi connectivity index (χ2n) is 7.15. The third-order valence-corrected chi connectivity index (χ3v) is 4.90. The lowest BCUT2D eigenvalue weighted by Crippen LogP contribution is -2.48. The zero-order valence-corrected chi connectivity index (χ0v) is 18.2. The van der Waals surface area contributed by atoms with Crippen molar-refractivity contribution in [3.05, 3.63) is 35.9 Å². The van der Waals surface area contributed by atoms with Crippen molar-refractivity contribution in [1.82, 2.24) is 10.6 Å². The lowest BCUT2D eigenvalue weighted by atomic mass is 9.74. The molecule has 1 heterocycles. The molecule has 1 saturated heterocycles. The molecule has 0 radical (unpaired) electrons. The molecule has 1 aromatic rings. The predicted molar refractivity (Wildman–Crippen MR) is 117 cm³/mol. The Balaban J connectivity index is 0.00000312. The van der Waals surface area contributed by atoms with Crippen molar-refractivity contribution in [1.29, 1.82) is 0 Å². The van der Waals surface area contributed by atoms with Gasteiger partial charge < -0.3 is 15.4 Å². The highest BCUT2D eigenvalue weighted by Crippen LogP contribution is 2.34. The summed E-state index contributed by atoms with van der Waals surface area (Å²) in [6, 6.07) is 10.8. The molecule has 0 aromatic heterocycles. The fraction of sp³-hybridized carbons (Fsp3) is 0.650. The van der Waals surface area contributed by atoms with Crippen molar-refractivity contribution in [3.63, 3.8) is 0 Å². The number of ether oxygens (including phenoxy) is 1. The fourth-order valence-corrected chi connectivity index (χ4v) is 3.31. The van der Waals surface area contributed by atoms with Crippen molar-refractivity contribution in [2.45, 2.75) is 44.9 Å². The van der Waals surface area contributed by atoms with E-state index in [2.05, 4.69) is 59.8 Å². The van der Waals surface area contributed by atoms with Gasteiger partial charge >= 0.3 is 0 Å². The van der Waals surface area contributed by atoms with E-state index in [1.54, 1.807) is 0 Å². The minimum absolute atomic E-state index is 0. The van der Waals surface area contributed by atoms with E-state index in [1.807, 2.05) is 7.05 Å². The van der Waals surface area contributed by atoms with Crippen LogP contribution < -0.4 is 10.6 Å². The first kappa shape index (κ1) is 22.2. The van der Waals surface area contributed by atoms with Crippen molar-refractivity contribution in [3.8, 4) is 0 Å². The SMILES string of the molecule is CN=C(NCCCC(C)C)NCC1(c2ccccc2)CCOCC1.I. The first-order valence-corrected chi connectivity index (χ1v) is 9.24. The van der Waals surface area contributed by atoms with Gasteiger partial charge in [-0.15, -0.1) is 24.0 Å². The summed E-state index contributed by atoms with van der Waals surface area (Å²) in [6.45, 7) is 8.06. The normalized spacial score (nSPS) is 17.0. The molecule has 25 heavy (non-hydrogen) atoms. The summed E-state index contributed by atoms with van der Waals surface area (Å²) in [5, 5.41) is 6.99. The number of hydrogen-bond donors (Lipinski definition) is 2. The third kappa shape index (κ3) is 7.13. The minimum Gasteiger partial charge on any atom is -0.381 e. The average Bonchev–Trinajstić information content (AvgIpc) is 2.62. The largest absolute Gasteiger partial charge is 0.381 e. The van der Waals surface area contributed by atoms with Gasteiger partial charge in [0.25, 0.3) is 0 Å². The molecule has 2 rings (SSSR count). The summed E-state index contributed by atoms with van der Waals surface area (Å²) >= 11 is 0. The molecule has 0 spiro atoms. The van der Waals surface area contributed by atoms with E-state index in [9.17, 15) is 0 Å². The Hall–Kier alpha value is -0.820. The molecule has 1 aliphatic heterocycles. The van der Waals surface area contributed by atoms with E-state index < -0.39 is 0 Å². The van der Waals surface area contributed by atoms with Crippen LogP contribution in [0.15, 0.2) is 35.3 Å². The first-order chi connectivity index (χ1) is 11.7. The highest BCUT2D eigenvalue weighted by Gasteiger charge is 2.34. The number of halogens is 1. The summed E-state index contributed by atoms with van der Waals surface area (Å²) in [4.78, 5) is 4.38. The molecule has 1 aliphatic rings. The molecule has 1 aromatic carbocycles. The maximum absolute atomic E-state index is 5.61. The molecule has 0 saturated carbocycles. The van der Waals surface area contributed by atoms with Gasteiger partial charge in [0.1, 0.15) is 0 Å². The second-order valence-corrected chi connectivity index (χ2v) is 7.15. The number of rotatable bonds is 7. The van der Waals surface area contributed by atoms with Gasteiger partial charge in [-0.3, -0.25) is 4.99 Å². The Labute approximate surface area is 170 Å². The van der Waals surface area contributed by atoms with Crippen LogP contribution in [0.25, 0.3) is 0 Å². The van der Waals surface area contributed by atoms with E-state index >= 15 is 0 Å². The summed E-state index contributed by atoms with van der Waals surface area (Å²) in [7, 11) is 1.84. The third-order valence-electron chi connectivity index (χ3n) is 4.90. The maximum atomic E-state index is 5.61. The fourth-order valence-electron chi connectivity index (χ4n) is 3.31. The van der Waals surface area contributed by atoms with Gasteiger partial charge in [0.15, 0.2) is 5.96 Å². The highest BCUT2D eigenvalue weighted by molar-refractivity contribution is 14.0. The number of guanidine groups is 1. The first-order valence-electron chi connectivity index (χ1n) is 9.24. The van der Waals surface area contributed by atoms with E-state index in [4.69, 9.17) is 4.74 Å². The van der Waals surface area contributed by atoms with Crippen LogP contribution in [-0.4, -0.2) is 39.3 Å². The summed E-state index contributed by atoms with van der Waals surface area (Å²) in [5.74, 6) is 1.66. The Bertz CT molecular complexity index is 499. The van der Waals surface area contributed by atoms with Crippen LogP contribution in [0.1, 0.15) is 45.1 Å². The van der Waals surface area contributed by atoms with E-state index in [0.717, 1.165) is 51.0 Å². The minimum atomic E-state index is 0. The number of nitrogens with zero attached hydrogens (tertiary/aromatic N) is 1. The van der Waals surface area contributed by atoms with Gasteiger partial charge in [0.05, 0.1) is 0 Å².